The van der Waals surface area contributed by atoms with Crippen molar-refractivity contribution in [2.75, 3.05) is 13.7 Å². The van der Waals surface area contributed by atoms with Crippen LogP contribution in [0, 0.1) is 0 Å². The van der Waals surface area contributed by atoms with E-state index in [2.05, 4.69) is 4.74 Å². The first-order valence-electron chi connectivity index (χ1n) is 3.02. The number of carbonyl (C=O) groups excluding carboxylic acids is 1. The Labute approximate surface area is 65.3 Å². The van der Waals surface area contributed by atoms with Crippen molar-refractivity contribution in [1.29, 1.82) is 0 Å². The molecule has 4 heteroatoms. The van der Waals surface area contributed by atoms with Gasteiger partial charge in [0.1, 0.15) is 0 Å². The fourth-order valence-corrected chi connectivity index (χ4v) is 0.500. The summed E-state index contributed by atoms with van der Waals surface area (Å²) < 4.78 is 9.36. The van der Waals surface area contributed by atoms with Crippen LogP contribution < -0.4 is 0 Å². The standard InChI is InChI=1S/C6H11ClO3/c1-5(9-2)3-4-10-6(7)8/h5H,3-4H2,1-2H3/t5-/m1/s1. The van der Waals surface area contributed by atoms with E-state index in [9.17, 15) is 4.79 Å². The Kier molecular flexibility index (Phi) is 5.35. The SMILES string of the molecule is CO[C@H](C)CCOC(=O)Cl. The summed E-state index contributed by atoms with van der Waals surface area (Å²) in [5, 5.41) is 0. The lowest BCUT2D eigenvalue weighted by molar-refractivity contribution is 0.0861. The van der Waals surface area contributed by atoms with Gasteiger partial charge in [0.15, 0.2) is 0 Å². The first kappa shape index (κ1) is 9.72. The molecule has 0 rings (SSSR count). The maximum atomic E-state index is 10.0. The van der Waals surface area contributed by atoms with Crippen LogP contribution >= 0.6 is 11.6 Å². The molecule has 0 radical (unpaired) electrons. The number of hydrogen-bond donors (Lipinski definition) is 0. The highest BCUT2D eigenvalue weighted by molar-refractivity contribution is 6.61. The monoisotopic (exact) mass is 166 g/mol. The highest BCUT2D eigenvalue weighted by Crippen LogP contribution is 1.96. The van der Waals surface area contributed by atoms with Gasteiger partial charge in [0, 0.05) is 25.1 Å². The minimum absolute atomic E-state index is 0.107. The summed E-state index contributed by atoms with van der Waals surface area (Å²) in [6, 6.07) is 0. The Morgan fingerprint density at radius 1 is 1.70 bits per heavy atom. The lowest BCUT2D eigenvalue weighted by atomic mass is 10.3. The van der Waals surface area contributed by atoms with Gasteiger partial charge >= 0.3 is 5.43 Å². The molecule has 0 saturated carbocycles. The van der Waals surface area contributed by atoms with Crippen molar-refractivity contribution in [3.8, 4) is 0 Å². The largest absolute Gasteiger partial charge is 0.454 e. The molecule has 0 spiro atoms. The molecule has 60 valence electrons. The van der Waals surface area contributed by atoms with E-state index >= 15 is 0 Å². The molecular weight excluding hydrogens is 156 g/mol. The van der Waals surface area contributed by atoms with Crippen LogP contribution in [0.3, 0.4) is 0 Å². The first-order chi connectivity index (χ1) is 4.66. The molecule has 0 N–H and O–H groups in total. The van der Waals surface area contributed by atoms with Crippen LogP contribution in [0.1, 0.15) is 13.3 Å². The van der Waals surface area contributed by atoms with E-state index in [1.807, 2.05) is 6.92 Å². The van der Waals surface area contributed by atoms with Crippen molar-refractivity contribution in [2.24, 2.45) is 0 Å². The molecule has 0 aliphatic carbocycles. The van der Waals surface area contributed by atoms with Gasteiger partial charge in [0.2, 0.25) is 0 Å². The normalized spacial score (nSPS) is 12.7. The van der Waals surface area contributed by atoms with Crippen molar-refractivity contribution in [3.05, 3.63) is 0 Å². The van der Waals surface area contributed by atoms with Crippen molar-refractivity contribution in [2.45, 2.75) is 19.4 Å². The van der Waals surface area contributed by atoms with E-state index in [0.29, 0.717) is 13.0 Å². The molecule has 1 atom stereocenters. The van der Waals surface area contributed by atoms with Gasteiger partial charge in [0.25, 0.3) is 0 Å². The van der Waals surface area contributed by atoms with Crippen LogP contribution in [0.2, 0.25) is 0 Å². The van der Waals surface area contributed by atoms with Crippen molar-refractivity contribution < 1.29 is 14.3 Å². The maximum Gasteiger partial charge on any atom is 0.403 e. The van der Waals surface area contributed by atoms with Crippen LogP contribution in [-0.4, -0.2) is 25.2 Å². The summed E-state index contributed by atoms with van der Waals surface area (Å²) in [6.07, 6.45) is 0.783. The smallest absolute Gasteiger partial charge is 0.403 e. The van der Waals surface area contributed by atoms with E-state index in [1.54, 1.807) is 7.11 Å². The van der Waals surface area contributed by atoms with Gasteiger partial charge in [-0.3, -0.25) is 0 Å². The zero-order valence-electron chi connectivity index (χ0n) is 6.09. The van der Waals surface area contributed by atoms with E-state index in [-0.39, 0.29) is 6.10 Å². The fourth-order valence-electron chi connectivity index (χ4n) is 0.423. The Bertz CT molecular complexity index is 105. The lowest BCUT2D eigenvalue weighted by Gasteiger charge is -2.07. The number of hydrogen-bond acceptors (Lipinski definition) is 3. The average molecular weight is 167 g/mol. The van der Waals surface area contributed by atoms with Crippen molar-refractivity contribution >= 4 is 17.0 Å². The highest BCUT2D eigenvalue weighted by atomic mass is 35.5. The average Bonchev–Trinajstić information content (AvgIpc) is 1.87. The molecule has 0 fully saturated rings. The third-order valence-corrected chi connectivity index (χ3v) is 1.25. The first-order valence-corrected chi connectivity index (χ1v) is 3.39. The molecule has 0 amide bonds. The summed E-state index contributed by atoms with van der Waals surface area (Å²) in [5.74, 6) is 0. The van der Waals surface area contributed by atoms with Gasteiger partial charge in [-0.2, -0.15) is 0 Å². The third-order valence-electron chi connectivity index (χ3n) is 1.14. The van der Waals surface area contributed by atoms with Gasteiger partial charge in [0.05, 0.1) is 12.7 Å². The van der Waals surface area contributed by atoms with E-state index in [1.165, 1.54) is 0 Å². The van der Waals surface area contributed by atoms with E-state index in [4.69, 9.17) is 16.3 Å². The van der Waals surface area contributed by atoms with Crippen LogP contribution in [0.5, 0.6) is 0 Å². The topological polar surface area (TPSA) is 35.5 Å². The number of rotatable bonds is 4. The predicted octanol–water partition coefficient (Wildman–Crippen LogP) is 1.79. The Hall–Kier alpha value is -0.280. The van der Waals surface area contributed by atoms with Crippen molar-refractivity contribution in [1.82, 2.24) is 0 Å². The van der Waals surface area contributed by atoms with Gasteiger partial charge in [-0.1, -0.05) is 0 Å². The van der Waals surface area contributed by atoms with Gasteiger partial charge in [-0.25, -0.2) is 4.79 Å². The second kappa shape index (κ2) is 5.50. The number of ether oxygens (including phenoxy) is 2. The molecule has 0 aromatic carbocycles. The molecule has 3 nitrogen and oxygen atoms in total. The molecule has 0 heterocycles. The predicted molar refractivity (Wildman–Crippen MR) is 38.3 cm³/mol. The minimum Gasteiger partial charge on any atom is -0.454 e. The molecule has 0 aliphatic rings. The molecule has 0 aliphatic heterocycles. The second-order valence-corrected chi connectivity index (χ2v) is 2.23. The van der Waals surface area contributed by atoms with E-state index < -0.39 is 5.43 Å². The number of methoxy groups -OCH3 is 1. The van der Waals surface area contributed by atoms with Gasteiger partial charge in [-0.05, 0) is 6.92 Å². The zero-order valence-corrected chi connectivity index (χ0v) is 6.85. The van der Waals surface area contributed by atoms with Crippen LogP contribution in [0.25, 0.3) is 0 Å². The van der Waals surface area contributed by atoms with E-state index in [0.717, 1.165) is 0 Å². The maximum absolute atomic E-state index is 10.0. The Morgan fingerprint density at radius 3 is 2.70 bits per heavy atom. The van der Waals surface area contributed by atoms with Crippen LogP contribution in [0.4, 0.5) is 4.79 Å². The summed E-state index contributed by atoms with van der Waals surface area (Å²) in [7, 11) is 1.60. The molecule has 0 unspecified atom stereocenters. The quantitative estimate of drug-likeness (QED) is 0.598. The van der Waals surface area contributed by atoms with Gasteiger partial charge in [-0.15, -0.1) is 0 Å². The molecular formula is C6H11ClO3. The van der Waals surface area contributed by atoms with Crippen LogP contribution in [0.15, 0.2) is 0 Å². The zero-order chi connectivity index (χ0) is 7.98. The molecule has 10 heavy (non-hydrogen) atoms. The fraction of sp³-hybridized carbons (Fsp3) is 0.833. The summed E-state index contributed by atoms with van der Waals surface area (Å²) in [5.41, 5.74) is -0.761. The third kappa shape index (κ3) is 5.85. The minimum atomic E-state index is -0.761. The molecule has 0 saturated heterocycles. The number of halogens is 1. The van der Waals surface area contributed by atoms with Crippen LogP contribution in [-0.2, 0) is 9.47 Å². The van der Waals surface area contributed by atoms with Crippen molar-refractivity contribution in [3.63, 3.8) is 0 Å². The second-order valence-electron chi connectivity index (χ2n) is 1.92. The molecule has 0 aromatic rings. The summed E-state index contributed by atoms with van der Waals surface area (Å²) >= 11 is 4.90. The Balaban J connectivity index is 3.11. The molecule has 0 aromatic heterocycles. The van der Waals surface area contributed by atoms with Gasteiger partial charge < -0.3 is 9.47 Å². The lowest BCUT2D eigenvalue weighted by Crippen LogP contribution is -2.09. The Morgan fingerprint density at radius 2 is 2.30 bits per heavy atom. The summed E-state index contributed by atoms with van der Waals surface area (Å²) in [6.45, 7) is 2.21. The molecule has 0 bridgehead atoms. The summed E-state index contributed by atoms with van der Waals surface area (Å²) in [4.78, 5) is 10.0. The highest BCUT2D eigenvalue weighted by Gasteiger charge is 2.00. The number of carbonyl (C=O) groups is 1.